The molecular formula is C13H13F3N2O2. The minimum atomic E-state index is -4.74. The van der Waals surface area contributed by atoms with E-state index < -0.39 is 6.36 Å². The van der Waals surface area contributed by atoms with E-state index in [9.17, 15) is 18.0 Å². The predicted molar refractivity (Wildman–Crippen MR) is 65.2 cm³/mol. The zero-order valence-corrected chi connectivity index (χ0v) is 10.4. The van der Waals surface area contributed by atoms with Crippen LogP contribution in [0.2, 0.25) is 0 Å². The van der Waals surface area contributed by atoms with Crippen LogP contribution in [0.5, 0.6) is 5.75 Å². The third-order valence-electron chi connectivity index (χ3n) is 3.53. The van der Waals surface area contributed by atoms with Crippen LogP contribution in [0, 0.1) is 5.92 Å². The van der Waals surface area contributed by atoms with Crippen LogP contribution < -0.4 is 15.4 Å². The maximum atomic E-state index is 12.1. The van der Waals surface area contributed by atoms with Gasteiger partial charge in [0.25, 0.3) is 0 Å². The second kappa shape index (κ2) is 4.66. The van der Waals surface area contributed by atoms with Gasteiger partial charge in [0.2, 0.25) is 5.91 Å². The largest absolute Gasteiger partial charge is 0.573 e. The van der Waals surface area contributed by atoms with Crippen LogP contribution in [-0.4, -0.2) is 24.4 Å². The lowest BCUT2D eigenvalue weighted by atomic mass is 10.1. The molecule has 20 heavy (non-hydrogen) atoms. The molecule has 1 heterocycles. The molecule has 0 spiro atoms. The van der Waals surface area contributed by atoms with Crippen LogP contribution in [0.3, 0.4) is 0 Å². The van der Waals surface area contributed by atoms with Crippen molar-refractivity contribution >= 4 is 11.6 Å². The number of hydrogen-bond donors (Lipinski definition) is 2. The first-order chi connectivity index (χ1) is 9.40. The summed E-state index contributed by atoms with van der Waals surface area (Å²) in [5, 5.41) is 5.78. The summed E-state index contributed by atoms with van der Waals surface area (Å²) in [6.07, 6.45) is -2.84. The molecule has 7 heteroatoms. The number of anilines is 1. The van der Waals surface area contributed by atoms with Crippen molar-refractivity contribution in [3.8, 4) is 5.75 Å². The smallest absolute Gasteiger partial charge is 0.406 e. The molecule has 0 aromatic heterocycles. The van der Waals surface area contributed by atoms with Gasteiger partial charge < -0.3 is 15.4 Å². The molecular weight excluding hydrogens is 273 g/mol. The van der Waals surface area contributed by atoms with Gasteiger partial charge in [-0.05, 0) is 30.9 Å². The molecule has 3 rings (SSSR count). The van der Waals surface area contributed by atoms with Gasteiger partial charge in [0.1, 0.15) is 5.75 Å². The Hall–Kier alpha value is -1.76. The van der Waals surface area contributed by atoms with Gasteiger partial charge in [0.15, 0.2) is 0 Å². The monoisotopic (exact) mass is 286 g/mol. The topological polar surface area (TPSA) is 50.4 Å². The Labute approximate surface area is 113 Å². The van der Waals surface area contributed by atoms with E-state index in [1.54, 1.807) is 0 Å². The Balaban J connectivity index is 1.62. The number of rotatable bonds is 3. The molecule has 108 valence electrons. The number of amides is 1. The van der Waals surface area contributed by atoms with E-state index in [2.05, 4.69) is 15.4 Å². The molecule has 2 N–H and O–H groups in total. The van der Waals surface area contributed by atoms with Crippen molar-refractivity contribution in [2.24, 2.45) is 5.92 Å². The van der Waals surface area contributed by atoms with Crippen molar-refractivity contribution < 1.29 is 22.7 Å². The molecule has 2 fully saturated rings. The fraction of sp³-hybridized carbons (Fsp3) is 0.462. The number of benzene rings is 1. The fourth-order valence-corrected chi connectivity index (χ4v) is 2.52. The van der Waals surface area contributed by atoms with Gasteiger partial charge in [-0.15, -0.1) is 13.2 Å². The highest BCUT2D eigenvalue weighted by Gasteiger charge is 2.47. The van der Waals surface area contributed by atoms with Gasteiger partial charge in [-0.1, -0.05) is 6.07 Å². The number of ether oxygens (including phenoxy) is 1. The number of fused-ring (bicyclic) bond motifs is 1. The maximum absolute atomic E-state index is 12.1. The Morgan fingerprint density at radius 3 is 2.80 bits per heavy atom. The van der Waals surface area contributed by atoms with Crippen LogP contribution in [0.4, 0.5) is 18.9 Å². The summed E-state index contributed by atoms with van der Waals surface area (Å²) in [4.78, 5) is 11.9. The zero-order chi connectivity index (χ0) is 14.3. The molecule has 1 saturated heterocycles. The van der Waals surface area contributed by atoms with E-state index in [0.29, 0.717) is 17.6 Å². The van der Waals surface area contributed by atoms with E-state index in [-0.39, 0.29) is 17.7 Å². The Morgan fingerprint density at radius 1 is 1.35 bits per heavy atom. The lowest BCUT2D eigenvalue weighted by molar-refractivity contribution is -0.274. The van der Waals surface area contributed by atoms with E-state index in [0.717, 1.165) is 18.9 Å². The number of piperidine rings is 1. The van der Waals surface area contributed by atoms with Gasteiger partial charge in [-0.2, -0.15) is 0 Å². The summed E-state index contributed by atoms with van der Waals surface area (Å²) in [5.41, 5.74) is 0.291. The molecule has 1 amide bonds. The molecule has 0 bridgehead atoms. The van der Waals surface area contributed by atoms with Gasteiger partial charge in [0.05, 0.1) is 6.04 Å². The number of hydrogen-bond acceptors (Lipinski definition) is 3. The maximum Gasteiger partial charge on any atom is 0.573 e. The minimum absolute atomic E-state index is 0.221. The van der Waals surface area contributed by atoms with E-state index >= 15 is 0 Å². The average Bonchev–Trinajstić information content (AvgIpc) is 2.94. The van der Waals surface area contributed by atoms with Crippen molar-refractivity contribution in [3.05, 3.63) is 24.3 Å². The van der Waals surface area contributed by atoms with Crippen LogP contribution >= 0.6 is 0 Å². The van der Waals surface area contributed by atoms with E-state index in [1.165, 1.54) is 18.2 Å². The van der Waals surface area contributed by atoms with Crippen molar-refractivity contribution in [3.63, 3.8) is 0 Å². The van der Waals surface area contributed by atoms with Crippen molar-refractivity contribution in [1.82, 2.24) is 5.32 Å². The highest BCUT2D eigenvalue weighted by molar-refractivity contribution is 5.95. The molecule has 1 aliphatic heterocycles. The highest BCUT2D eigenvalue weighted by atomic mass is 19.4. The lowest BCUT2D eigenvalue weighted by Gasteiger charge is -2.14. The summed E-state index contributed by atoms with van der Waals surface area (Å²) in [7, 11) is 0. The molecule has 4 nitrogen and oxygen atoms in total. The van der Waals surface area contributed by atoms with Gasteiger partial charge in [-0.25, -0.2) is 0 Å². The Morgan fingerprint density at radius 2 is 2.15 bits per heavy atom. The van der Waals surface area contributed by atoms with Crippen LogP contribution in [0.25, 0.3) is 0 Å². The predicted octanol–water partition coefficient (Wildman–Crippen LogP) is 2.27. The number of carbonyl (C=O) groups is 1. The van der Waals surface area contributed by atoms with Gasteiger partial charge in [0, 0.05) is 17.8 Å². The molecule has 1 saturated carbocycles. The van der Waals surface area contributed by atoms with Crippen molar-refractivity contribution in [2.45, 2.75) is 31.3 Å². The number of carbonyl (C=O) groups excluding carboxylic acids is 1. The lowest BCUT2D eigenvalue weighted by Crippen LogP contribution is -2.37. The van der Waals surface area contributed by atoms with E-state index in [1.807, 2.05) is 0 Å². The number of alkyl halides is 3. The minimum Gasteiger partial charge on any atom is -0.406 e. The first-order valence-corrected chi connectivity index (χ1v) is 6.33. The number of halogens is 3. The average molecular weight is 286 g/mol. The van der Waals surface area contributed by atoms with Crippen LogP contribution in [0.15, 0.2) is 24.3 Å². The third kappa shape index (κ3) is 3.04. The summed E-state index contributed by atoms with van der Waals surface area (Å²) < 4.78 is 40.1. The highest BCUT2D eigenvalue weighted by Crippen LogP contribution is 2.40. The quantitative estimate of drug-likeness (QED) is 0.896. The molecule has 0 radical (unpaired) electrons. The van der Waals surface area contributed by atoms with Crippen LogP contribution in [-0.2, 0) is 4.79 Å². The van der Waals surface area contributed by atoms with Crippen molar-refractivity contribution in [2.75, 3.05) is 5.32 Å². The summed E-state index contributed by atoms with van der Waals surface area (Å²) in [5.74, 6) is 0.00420. The summed E-state index contributed by atoms with van der Waals surface area (Å²) >= 11 is 0. The van der Waals surface area contributed by atoms with Gasteiger partial charge in [-0.3, -0.25) is 4.79 Å². The summed E-state index contributed by atoms with van der Waals surface area (Å²) in [6.45, 7) is 0. The van der Waals surface area contributed by atoms with Crippen molar-refractivity contribution in [1.29, 1.82) is 0 Å². The molecule has 1 aromatic carbocycles. The summed E-state index contributed by atoms with van der Waals surface area (Å²) in [6, 6.07) is 5.44. The second-order valence-corrected chi connectivity index (χ2v) is 5.12. The van der Waals surface area contributed by atoms with Gasteiger partial charge >= 0.3 is 6.36 Å². The number of nitrogens with one attached hydrogen (secondary N) is 2. The Kier molecular flexibility index (Phi) is 3.08. The second-order valence-electron chi connectivity index (χ2n) is 5.12. The van der Waals surface area contributed by atoms with Crippen LogP contribution in [0.1, 0.15) is 12.8 Å². The molecule has 1 aliphatic carbocycles. The zero-order valence-electron chi connectivity index (χ0n) is 10.4. The molecule has 3 atom stereocenters. The molecule has 1 aromatic rings. The SMILES string of the molecule is O=C(Nc1cccc(OC(F)(F)F)c1)[C@@H]1C[C@H]2C[C@H]2N1. The third-order valence-corrected chi connectivity index (χ3v) is 3.53. The molecule has 2 aliphatic rings. The van der Waals surface area contributed by atoms with E-state index in [4.69, 9.17) is 0 Å². The normalized spacial score (nSPS) is 27.9. The Bertz CT molecular complexity index is 523. The molecule has 0 unspecified atom stereocenters. The first-order valence-electron chi connectivity index (χ1n) is 6.33. The fourth-order valence-electron chi connectivity index (χ4n) is 2.52. The first kappa shape index (κ1) is 13.2. The standard InChI is InChI=1S/C13H13F3N2O2/c14-13(15,16)20-9-3-1-2-8(6-9)17-12(19)11-5-7-4-10(7)18-11/h1-3,6-7,10-11,18H,4-5H2,(H,17,19)/t7-,10-,11+/m1/s1.